The number of benzene rings is 1. The Balaban J connectivity index is 2.24. The molecule has 1 heterocycles. The molecule has 2 rings (SSSR count). The molecule has 1 unspecified atom stereocenters. The summed E-state index contributed by atoms with van der Waals surface area (Å²) in [7, 11) is 0. The number of hydrogen-bond donors (Lipinski definition) is 1. The van der Waals surface area contributed by atoms with Crippen molar-refractivity contribution < 1.29 is 4.74 Å². The molecule has 2 nitrogen and oxygen atoms in total. The molecule has 16 heavy (non-hydrogen) atoms. The van der Waals surface area contributed by atoms with E-state index in [1.165, 1.54) is 5.56 Å². The van der Waals surface area contributed by atoms with E-state index in [1.54, 1.807) is 0 Å². The fourth-order valence-corrected chi connectivity index (χ4v) is 2.17. The van der Waals surface area contributed by atoms with Gasteiger partial charge in [-0.15, -0.1) is 0 Å². The molecule has 0 bridgehead atoms. The summed E-state index contributed by atoms with van der Waals surface area (Å²) in [6.45, 7) is 8.41. The van der Waals surface area contributed by atoms with Gasteiger partial charge in [0.25, 0.3) is 0 Å². The van der Waals surface area contributed by atoms with Gasteiger partial charge in [0.05, 0.1) is 6.04 Å². The van der Waals surface area contributed by atoms with Gasteiger partial charge in [0.1, 0.15) is 11.4 Å². The zero-order valence-electron chi connectivity index (χ0n) is 9.59. The van der Waals surface area contributed by atoms with Crippen LogP contribution in [0.5, 0.6) is 5.75 Å². The normalized spacial score (nSPS) is 21.3. The minimum atomic E-state index is -0.254. The maximum absolute atomic E-state index is 5.90. The summed E-state index contributed by atoms with van der Waals surface area (Å²) in [6.07, 6.45) is 0. The maximum Gasteiger partial charge on any atom is 0.125 e. The molecule has 0 aliphatic carbocycles. The van der Waals surface area contributed by atoms with Crippen molar-refractivity contribution >= 4 is 11.6 Å². The second kappa shape index (κ2) is 4.11. The standard InChI is InChI=1S/C13H16ClNO/c1-9(14)8-15-12-10-6-4-5-7-11(10)16-13(12,2)3/h4-7,12,15H,1,8H2,2-3H3. The lowest BCUT2D eigenvalue weighted by Crippen LogP contribution is -2.39. The maximum atomic E-state index is 5.90. The molecule has 1 aliphatic rings. The molecule has 0 saturated heterocycles. The van der Waals surface area contributed by atoms with Gasteiger partial charge in [0.2, 0.25) is 0 Å². The third-order valence-electron chi connectivity index (χ3n) is 2.80. The van der Waals surface area contributed by atoms with Crippen molar-refractivity contribution in [1.29, 1.82) is 0 Å². The molecule has 3 heteroatoms. The van der Waals surface area contributed by atoms with Crippen LogP contribution in [0.3, 0.4) is 0 Å². The number of para-hydroxylation sites is 1. The molecule has 1 atom stereocenters. The fraction of sp³-hybridized carbons (Fsp3) is 0.385. The Morgan fingerprint density at radius 1 is 1.50 bits per heavy atom. The van der Waals surface area contributed by atoms with E-state index in [2.05, 4.69) is 31.8 Å². The minimum absolute atomic E-state index is 0.152. The quantitative estimate of drug-likeness (QED) is 0.872. The highest BCUT2D eigenvalue weighted by atomic mass is 35.5. The predicted molar refractivity (Wildman–Crippen MR) is 66.9 cm³/mol. The first-order valence-corrected chi connectivity index (χ1v) is 5.73. The lowest BCUT2D eigenvalue weighted by Gasteiger charge is -2.27. The largest absolute Gasteiger partial charge is 0.486 e. The summed E-state index contributed by atoms with van der Waals surface area (Å²) in [4.78, 5) is 0. The second-order valence-electron chi connectivity index (χ2n) is 4.57. The van der Waals surface area contributed by atoms with Crippen molar-refractivity contribution in [3.05, 3.63) is 41.4 Å². The number of rotatable bonds is 3. The van der Waals surface area contributed by atoms with Crippen molar-refractivity contribution in [2.24, 2.45) is 0 Å². The molecule has 1 aromatic carbocycles. The smallest absolute Gasteiger partial charge is 0.125 e. The molecule has 0 aromatic heterocycles. The fourth-order valence-electron chi connectivity index (χ4n) is 2.10. The van der Waals surface area contributed by atoms with Crippen LogP contribution in [0.15, 0.2) is 35.9 Å². The summed E-state index contributed by atoms with van der Waals surface area (Å²) >= 11 is 5.78. The molecule has 0 saturated carbocycles. The highest BCUT2D eigenvalue weighted by molar-refractivity contribution is 6.29. The number of fused-ring (bicyclic) bond motifs is 1. The zero-order valence-corrected chi connectivity index (χ0v) is 10.3. The highest BCUT2D eigenvalue weighted by Gasteiger charge is 2.40. The van der Waals surface area contributed by atoms with Crippen LogP contribution in [0.4, 0.5) is 0 Å². The number of halogens is 1. The summed E-state index contributed by atoms with van der Waals surface area (Å²) in [5, 5.41) is 3.98. The van der Waals surface area contributed by atoms with E-state index in [1.807, 2.05) is 18.2 Å². The van der Waals surface area contributed by atoms with Gasteiger partial charge in [-0.2, -0.15) is 0 Å². The molecule has 0 fully saturated rings. The Bertz CT molecular complexity index is 414. The average Bonchev–Trinajstić information content (AvgIpc) is 2.44. The monoisotopic (exact) mass is 237 g/mol. The lowest BCUT2D eigenvalue weighted by molar-refractivity contribution is 0.0980. The van der Waals surface area contributed by atoms with Crippen LogP contribution in [0.25, 0.3) is 0 Å². The van der Waals surface area contributed by atoms with E-state index in [0.29, 0.717) is 11.6 Å². The average molecular weight is 238 g/mol. The molecule has 0 amide bonds. The highest BCUT2D eigenvalue weighted by Crippen LogP contribution is 2.42. The first-order chi connectivity index (χ1) is 7.50. The number of nitrogens with one attached hydrogen (secondary N) is 1. The molecule has 0 radical (unpaired) electrons. The van der Waals surface area contributed by atoms with E-state index < -0.39 is 0 Å². The SMILES string of the molecule is C=C(Cl)CNC1c2ccccc2OC1(C)C. The molecular weight excluding hydrogens is 222 g/mol. The Morgan fingerprint density at radius 2 is 2.19 bits per heavy atom. The summed E-state index contributed by atoms with van der Waals surface area (Å²) in [5.41, 5.74) is 0.932. The van der Waals surface area contributed by atoms with Crippen LogP contribution in [-0.4, -0.2) is 12.1 Å². The summed E-state index contributed by atoms with van der Waals surface area (Å²) in [5.74, 6) is 0.949. The van der Waals surface area contributed by atoms with E-state index in [9.17, 15) is 0 Å². The van der Waals surface area contributed by atoms with E-state index in [0.717, 1.165) is 5.75 Å². The number of hydrogen-bond acceptors (Lipinski definition) is 2. The summed E-state index contributed by atoms with van der Waals surface area (Å²) in [6, 6.07) is 8.23. The molecule has 1 aromatic rings. The second-order valence-corrected chi connectivity index (χ2v) is 5.11. The van der Waals surface area contributed by atoms with Gasteiger partial charge in [0, 0.05) is 17.1 Å². The van der Waals surface area contributed by atoms with Crippen molar-refractivity contribution in [1.82, 2.24) is 5.32 Å². The minimum Gasteiger partial charge on any atom is -0.486 e. The first-order valence-electron chi connectivity index (χ1n) is 5.35. The van der Waals surface area contributed by atoms with Gasteiger partial charge in [0.15, 0.2) is 0 Å². The van der Waals surface area contributed by atoms with Gasteiger partial charge in [-0.25, -0.2) is 0 Å². The Kier molecular flexibility index (Phi) is 2.96. The van der Waals surface area contributed by atoms with Gasteiger partial charge in [-0.3, -0.25) is 0 Å². The molecule has 1 N–H and O–H groups in total. The van der Waals surface area contributed by atoms with Crippen LogP contribution in [0.1, 0.15) is 25.5 Å². The van der Waals surface area contributed by atoms with E-state index in [-0.39, 0.29) is 11.6 Å². The zero-order chi connectivity index (χ0) is 11.8. The predicted octanol–water partition coefficient (Wildman–Crippen LogP) is 3.24. The summed E-state index contributed by atoms with van der Waals surface area (Å²) < 4.78 is 5.90. The third kappa shape index (κ3) is 2.08. The van der Waals surface area contributed by atoms with E-state index >= 15 is 0 Å². The van der Waals surface area contributed by atoms with Gasteiger partial charge in [-0.05, 0) is 19.9 Å². The van der Waals surface area contributed by atoms with Gasteiger partial charge in [-0.1, -0.05) is 36.4 Å². The topological polar surface area (TPSA) is 21.3 Å². The number of ether oxygens (including phenoxy) is 1. The van der Waals surface area contributed by atoms with Crippen LogP contribution >= 0.6 is 11.6 Å². The lowest BCUT2D eigenvalue weighted by atomic mass is 9.94. The molecule has 0 spiro atoms. The van der Waals surface area contributed by atoms with Crippen molar-refractivity contribution in [3.63, 3.8) is 0 Å². The van der Waals surface area contributed by atoms with Crippen molar-refractivity contribution in [3.8, 4) is 5.75 Å². The van der Waals surface area contributed by atoms with Crippen molar-refractivity contribution in [2.45, 2.75) is 25.5 Å². The first kappa shape index (κ1) is 11.5. The molecular formula is C13H16ClNO. The van der Waals surface area contributed by atoms with Gasteiger partial charge >= 0.3 is 0 Å². The Hall–Kier alpha value is -0.990. The van der Waals surface area contributed by atoms with Crippen LogP contribution in [0.2, 0.25) is 0 Å². The van der Waals surface area contributed by atoms with Crippen LogP contribution in [0, 0.1) is 0 Å². The Morgan fingerprint density at radius 3 is 2.88 bits per heavy atom. The van der Waals surface area contributed by atoms with Gasteiger partial charge < -0.3 is 10.1 Å². The third-order valence-corrected chi connectivity index (χ3v) is 2.93. The van der Waals surface area contributed by atoms with Crippen LogP contribution < -0.4 is 10.1 Å². The van der Waals surface area contributed by atoms with E-state index in [4.69, 9.17) is 16.3 Å². The van der Waals surface area contributed by atoms with Crippen molar-refractivity contribution in [2.75, 3.05) is 6.54 Å². The van der Waals surface area contributed by atoms with Crippen LogP contribution in [-0.2, 0) is 0 Å². The Labute approximate surface area is 101 Å². The molecule has 1 aliphatic heterocycles. The molecule has 86 valence electrons.